The highest BCUT2D eigenvalue weighted by molar-refractivity contribution is 5.77. The van der Waals surface area contributed by atoms with Gasteiger partial charge in [-0.05, 0) is 13.0 Å². The third kappa shape index (κ3) is 2.45. The molecule has 0 amide bonds. The minimum Gasteiger partial charge on any atom is -0.394 e. The second kappa shape index (κ2) is 5.64. The SMILES string of the molecule is CC(=O)Cc1cnc2ccn([C@@H]3C[C@H](O)[C@@H](CO)O3)c(=O)n12. The number of aliphatic hydroxyl groups excluding tert-OH is 2. The molecule has 1 aliphatic rings. The van der Waals surface area contributed by atoms with Crippen LogP contribution in [-0.4, -0.2) is 48.8 Å². The molecule has 22 heavy (non-hydrogen) atoms. The predicted octanol–water partition coefficient (Wildman–Crippen LogP) is -0.732. The lowest BCUT2D eigenvalue weighted by Gasteiger charge is -2.15. The molecule has 2 aromatic heterocycles. The van der Waals surface area contributed by atoms with Gasteiger partial charge in [-0.2, -0.15) is 0 Å². The average molecular weight is 307 g/mol. The van der Waals surface area contributed by atoms with Crippen LogP contribution in [0.4, 0.5) is 0 Å². The van der Waals surface area contributed by atoms with Gasteiger partial charge in [-0.15, -0.1) is 0 Å². The lowest BCUT2D eigenvalue weighted by molar-refractivity contribution is -0.116. The van der Waals surface area contributed by atoms with Gasteiger partial charge in [0.25, 0.3) is 0 Å². The van der Waals surface area contributed by atoms with E-state index in [1.807, 2.05) is 0 Å². The summed E-state index contributed by atoms with van der Waals surface area (Å²) in [5, 5.41) is 18.9. The Balaban J connectivity index is 2.03. The summed E-state index contributed by atoms with van der Waals surface area (Å²) in [6.07, 6.45) is 1.20. The number of carbonyl (C=O) groups excluding carboxylic acids is 1. The van der Waals surface area contributed by atoms with Crippen molar-refractivity contribution in [1.29, 1.82) is 0 Å². The minimum atomic E-state index is -0.822. The van der Waals surface area contributed by atoms with Gasteiger partial charge in [0.1, 0.15) is 23.8 Å². The molecule has 2 N–H and O–H groups in total. The maximum Gasteiger partial charge on any atom is 0.336 e. The summed E-state index contributed by atoms with van der Waals surface area (Å²) in [5.41, 5.74) is 0.580. The van der Waals surface area contributed by atoms with Gasteiger partial charge in [-0.25, -0.2) is 14.2 Å². The highest BCUT2D eigenvalue weighted by Crippen LogP contribution is 2.27. The molecule has 0 saturated carbocycles. The van der Waals surface area contributed by atoms with E-state index in [1.54, 1.807) is 12.3 Å². The van der Waals surface area contributed by atoms with Crippen LogP contribution in [0.1, 0.15) is 25.3 Å². The third-order valence-corrected chi connectivity index (χ3v) is 3.78. The molecule has 1 saturated heterocycles. The molecule has 8 nitrogen and oxygen atoms in total. The molecule has 3 atom stereocenters. The molecular formula is C14H17N3O5. The summed E-state index contributed by atoms with van der Waals surface area (Å²) in [6, 6.07) is 1.65. The maximum atomic E-state index is 12.6. The van der Waals surface area contributed by atoms with Gasteiger partial charge in [-0.1, -0.05) is 0 Å². The van der Waals surface area contributed by atoms with Gasteiger partial charge < -0.3 is 14.9 Å². The van der Waals surface area contributed by atoms with E-state index in [9.17, 15) is 14.7 Å². The standard InChI is InChI=1S/C14H17N3O5/c1-8(19)4-9-6-15-12-2-3-16(14(21)17(9)12)13-5-10(20)11(7-18)22-13/h2-3,6,10-11,13,18,20H,4-5,7H2,1H3/t10-,11+,13-/m0/s1. The Kier molecular flexibility index (Phi) is 3.81. The summed E-state index contributed by atoms with van der Waals surface area (Å²) in [7, 11) is 0. The fourth-order valence-corrected chi connectivity index (χ4v) is 2.72. The minimum absolute atomic E-state index is 0.0653. The fourth-order valence-electron chi connectivity index (χ4n) is 2.72. The zero-order valence-corrected chi connectivity index (χ0v) is 12.0. The number of aliphatic hydroxyl groups is 2. The van der Waals surface area contributed by atoms with Crippen LogP contribution in [0.2, 0.25) is 0 Å². The van der Waals surface area contributed by atoms with Gasteiger partial charge in [0.2, 0.25) is 0 Å². The van der Waals surface area contributed by atoms with Gasteiger partial charge in [-0.3, -0.25) is 9.36 Å². The Morgan fingerprint density at radius 1 is 1.55 bits per heavy atom. The smallest absolute Gasteiger partial charge is 0.336 e. The van der Waals surface area contributed by atoms with Crippen LogP contribution in [0.5, 0.6) is 0 Å². The number of fused-ring (bicyclic) bond motifs is 1. The monoisotopic (exact) mass is 307 g/mol. The molecule has 0 aliphatic carbocycles. The number of carbonyl (C=O) groups is 1. The molecule has 1 fully saturated rings. The van der Waals surface area contributed by atoms with Crippen molar-refractivity contribution in [1.82, 2.24) is 14.0 Å². The molecule has 0 aromatic carbocycles. The summed E-state index contributed by atoms with van der Waals surface area (Å²) >= 11 is 0. The van der Waals surface area contributed by atoms with E-state index in [1.165, 1.54) is 22.1 Å². The van der Waals surface area contributed by atoms with E-state index >= 15 is 0 Å². The largest absolute Gasteiger partial charge is 0.394 e. The zero-order valence-electron chi connectivity index (χ0n) is 12.0. The molecule has 3 rings (SSSR count). The van der Waals surface area contributed by atoms with Crippen LogP contribution in [0, 0.1) is 0 Å². The van der Waals surface area contributed by atoms with Crippen molar-refractivity contribution < 1.29 is 19.7 Å². The van der Waals surface area contributed by atoms with E-state index < -0.39 is 18.4 Å². The topological polar surface area (TPSA) is 106 Å². The summed E-state index contributed by atoms with van der Waals surface area (Å²) in [6.45, 7) is 1.14. The normalized spacial score (nSPS) is 25.0. The lowest BCUT2D eigenvalue weighted by Crippen LogP contribution is -2.31. The second-order valence-electron chi connectivity index (χ2n) is 5.44. The highest BCUT2D eigenvalue weighted by atomic mass is 16.5. The van der Waals surface area contributed by atoms with Crippen LogP contribution in [-0.2, 0) is 16.0 Å². The summed E-state index contributed by atoms with van der Waals surface area (Å²) in [4.78, 5) is 28.0. The van der Waals surface area contributed by atoms with Crippen molar-refractivity contribution in [3.05, 3.63) is 34.6 Å². The van der Waals surface area contributed by atoms with E-state index in [0.717, 1.165) is 0 Å². The van der Waals surface area contributed by atoms with Crippen molar-refractivity contribution in [2.24, 2.45) is 0 Å². The number of nitrogens with zero attached hydrogens (tertiary/aromatic N) is 3. The fraction of sp³-hybridized carbons (Fsp3) is 0.500. The maximum absolute atomic E-state index is 12.6. The molecule has 2 aromatic rings. The molecule has 0 radical (unpaired) electrons. The summed E-state index contributed by atoms with van der Waals surface area (Å²) in [5.74, 6) is -0.0653. The van der Waals surface area contributed by atoms with Crippen LogP contribution < -0.4 is 5.69 Å². The van der Waals surface area contributed by atoms with E-state index in [-0.39, 0.29) is 30.9 Å². The predicted molar refractivity (Wildman–Crippen MR) is 75.5 cm³/mol. The van der Waals surface area contributed by atoms with Gasteiger partial charge in [0, 0.05) is 25.2 Å². The van der Waals surface area contributed by atoms with Gasteiger partial charge in [0.15, 0.2) is 0 Å². The van der Waals surface area contributed by atoms with E-state index in [2.05, 4.69) is 4.98 Å². The molecule has 0 spiro atoms. The molecule has 1 aliphatic heterocycles. The first-order valence-electron chi connectivity index (χ1n) is 7.02. The third-order valence-electron chi connectivity index (χ3n) is 3.78. The van der Waals surface area contributed by atoms with Crippen LogP contribution in [0.3, 0.4) is 0 Å². The van der Waals surface area contributed by atoms with Crippen LogP contribution >= 0.6 is 0 Å². The van der Waals surface area contributed by atoms with Gasteiger partial charge >= 0.3 is 5.69 Å². The Morgan fingerprint density at radius 3 is 2.95 bits per heavy atom. The Labute approximate surface area is 125 Å². The summed E-state index contributed by atoms with van der Waals surface area (Å²) < 4.78 is 8.21. The van der Waals surface area contributed by atoms with Gasteiger partial charge in [0.05, 0.1) is 18.4 Å². The second-order valence-corrected chi connectivity index (χ2v) is 5.44. The first kappa shape index (κ1) is 14.9. The van der Waals surface area contributed by atoms with Crippen LogP contribution in [0.25, 0.3) is 5.65 Å². The van der Waals surface area contributed by atoms with E-state index in [0.29, 0.717) is 11.3 Å². The molecule has 0 bridgehead atoms. The highest BCUT2D eigenvalue weighted by Gasteiger charge is 2.35. The molecular weight excluding hydrogens is 290 g/mol. The number of rotatable bonds is 4. The lowest BCUT2D eigenvalue weighted by atomic mass is 10.2. The van der Waals surface area contributed by atoms with Crippen molar-refractivity contribution in [3.63, 3.8) is 0 Å². The number of ketones is 1. The number of Topliss-reactive ketones (excluding diaryl/α,β-unsaturated/α-hetero) is 1. The molecule has 118 valence electrons. The molecule has 0 unspecified atom stereocenters. The number of ether oxygens (including phenoxy) is 1. The number of hydrogen-bond donors (Lipinski definition) is 2. The zero-order chi connectivity index (χ0) is 15.9. The number of hydrogen-bond acceptors (Lipinski definition) is 6. The molecule has 8 heteroatoms. The Hall–Kier alpha value is -2.03. The van der Waals surface area contributed by atoms with Crippen molar-refractivity contribution in [2.75, 3.05) is 6.61 Å². The first-order valence-corrected chi connectivity index (χ1v) is 7.02. The van der Waals surface area contributed by atoms with E-state index in [4.69, 9.17) is 9.84 Å². The number of imidazole rings is 1. The number of aromatic nitrogens is 3. The van der Waals surface area contributed by atoms with Crippen molar-refractivity contribution in [2.45, 2.75) is 38.2 Å². The quantitative estimate of drug-likeness (QED) is 0.771. The average Bonchev–Trinajstić information content (AvgIpc) is 3.03. The molecule has 3 heterocycles. The van der Waals surface area contributed by atoms with Crippen LogP contribution in [0.15, 0.2) is 23.3 Å². The van der Waals surface area contributed by atoms with Crippen molar-refractivity contribution in [3.8, 4) is 0 Å². The Bertz CT molecular complexity index is 765. The Morgan fingerprint density at radius 2 is 2.32 bits per heavy atom. The van der Waals surface area contributed by atoms with Crippen molar-refractivity contribution >= 4 is 11.4 Å². The first-order chi connectivity index (χ1) is 10.5.